The number of benzene rings is 1. The molecule has 1 aliphatic heterocycles. The first-order valence-corrected chi connectivity index (χ1v) is 8.32. The van der Waals surface area contributed by atoms with Crippen molar-refractivity contribution in [1.82, 2.24) is 10.2 Å². The van der Waals surface area contributed by atoms with Crippen molar-refractivity contribution in [2.24, 2.45) is 0 Å². The number of amides is 2. The maximum Gasteiger partial charge on any atom is 0.246 e. The first kappa shape index (κ1) is 15.6. The van der Waals surface area contributed by atoms with Crippen molar-refractivity contribution in [3.63, 3.8) is 0 Å². The normalized spacial score (nSPS) is 18.1. The molecule has 1 heterocycles. The van der Waals surface area contributed by atoms with Gasteiger partial charge in [-0.05, 0) is 30.1 Å². The maximum absolute atomic E-state index is 12.4. The van der Waals surface area contributed by atoms with Crippen LogP contribution in [0.5, 0.6) is 0 Å². The largest absolute Gasteiger partial charge is 0.332 e. The summed E-state index contributed by atoms with van der Waals surface area (Å²) in [6.07, 6.45) is 5.35. The highest BCUT2D eigenvalue weighted by molar-refractivity contribution is 8.01. The molecular weight excluding hydrogens is 284 g/mol. The van der Waals surface area contributed by atoms with Gasteiger partial charge < -0.3 is 10.2 Å². The molecule has 0 radical (unpaired) electrons. The summed E-state index contributed by atoms with van der Waals surface area (Å²) in [7, 11) is 0. The van der Waals surface area contributed by atoms with Crippen molar-refractivity contribution in [1.29, 1.82) is 0 Å². The van der Waals surface area contributed by atoms with E-state index in [0.717, 1.165) is 18.4 Å². The lowest BCUT2D eigenvalue weighted by molar-refractivity contribution is -0.132. The summed E-state index contributed by atoms with van der Waals surface area (Å²) >= 11 is 1.47. The molecule has 1 fully saturated rings. The second kappa shape index (κ2) is 7.88. The van der Waals surface area contributed by atoms with Crippen LogP contribution in [0.25, 0.3) is 0 Å². The van der Waals surface area contributed by atoms with E-state index in [-0.39, 0.29) is 18.0 Å². The third-order valence-electron chi connectivity index (χ3n) is 3.44. The second-order valence-corrected chi connectivity index (χ2v) is 5.70. The lowest BCUT2D eigenvalue weighted by Crippen LogP contribution is -2.47. The van der Waals surface area contributed by atoms with E-state index in [2.05, 4.69) is 5.32 Å². The highest BCUT2D eigenvalue weighted by Crippen LogP contribution is 2.17. The van der Waals surface area contributed by atoms with Crippen molar-refractivity contribution in [3.05, 3.63) is 47.4 Å². The Morgan fingerprint density at radius 2 is 2.14 bits per heavy atom. The molecule has 21 heavy (non-hydrogen) atoms. The van der Waals surface area contributed by atoms with Crippen molar-refractivity contribution in [2.75, 3.05) is 12.8 Å². The zero-order chi connectivity index (χ0) is 15.1. The van der Waals surface area contributed by atoms with Gasteiger partial charge in [-0.3, -0.25) is 9.59 Å². The first-order valence-electron chi connectivity index (χ1n) is 7.04. The van der Waals surface area contributed by atoms with Gasteiger partial charge in [0.15, 0.2) is 0 Å². The fourth-order valence-electron chi connectivity index (χ4n) is 2.43. The minimum atomic E-state index is -0.180. The molecule has 0 saturated carbocycles. The van der Waals surface area contributed by atoms with Crippen LogP contribution in [0.4, 0.5) is 0 Å². The minimum Gasteiger partial charge on any atom is -0.332 e. The number of carbonyl (C=O) groups is 2. The van der Waals surface area contributed by atoms with Gasteiger partial charge in [0.2, 0.25) is 11.8 Å². The van der Waals surface area contributed by atoms with E-state index in [0.29, 0.717) is 13.0 Å². The Labute approximate surface area is 129 Å². The molecule has 0 spiro atoms. The van der Waals surface area contributed by atoms with Gasteiger partial charge in [0.05, 0.1) is 6.42 Å². The number of carbonyl (C=O) groups excluding carboxylic acids is 2. The van der Waals surface area contributed by atoms with Crippen molar-refractivity contribution >= 4 is 23.6 Å². The van der Waals surface area contributed by atoms with Gasteiger partial charge >= 0.3 is 0 Å². The van der Waals surface area contributed by atoms with E-state index >= 15 is 0 Å². The third kappa shape index (κ3) is 4.63. The van der Waals surface area contributed by atoms with Crippen LogP contribution in [0.2, 0.25) is 0 Å². The monoisotopic (exact) mass is 304 g/mol. The number of thioether (sulfide) groups is 1. The molecule has 2 rings (SSSR count). The van der Waals surface area contributed by atoms with Crippen LogP contribution in [-0.2, 0) is 16.0 Å². The lowest BCUT2D eigenvalue weighted by Gasteiger charge is -2.25. The standard InChI is InChI=1S/C16H20N2O2S/c1-21-11-9-15(19)17-14-8-5-10-18(14)16(20)12-13-6-3-2-4-7-13/h2-4,6-7,9,11,14H,5,8,10,12H2,1H3,(H,17,19)/b11-9+. The van der Waals surface area contributed by atoms with Crippen LogP contribution in [0.3, 0.4) is 0 Å². The quantitative estimate of drug-likeness (QED) is 0.848. The summed E-state index contributed by atoms with van der Waals surface area (Å²) in [6.45, 7) is 0.711. The molecule has 0 aliphatic carbocycles. The van der Waals surface area contributed by atoms with E-state index in [9.17, 15) is 9.59 Å². The van der Waals surface area contributed by atoms with Crippen LogP contribution in [0, 0.1) is 0 Å². The second-order valence-electron chi connectivity index (χ2n) is 4.95. The third-order valence-corrected chi connectivity index (χ3v) is 3.84. The molecule has 1 saturated heterocycles. The lowest BCUT2D eigenvalue weighted by atomic mass is 10.1. The van der Waals surface area contributed by atoms with Crippen molar-refractivity contribution in [3.8, 4) is 0 Å². The number of rotatable bonds is 5. The number of likely N-dealkylation sites (tertiary alicyclic amines) is 1. The molecule has 1 atom stereocenters. The van der Waals surface area contributed by atoms with Gasteiger partial charge in [0, 0.05) is 12.6 Å². The Morgan fingerprint density at radius 1 is 1.38 bits per heavy atom. The van der Waals surface area contributed by atoms with Crippen molar-refractivity contribution < 1.29 is 9.59 Å². The predicted molar refractivity (Wildman–Crippen MR) is 85.7 cm³/mol. The molecule has 4 nitrogen and oxygen atoms in total. The smallest absolute Gasteiger partial charge is 0.246 e. The summed E-state index contributed by atoms with van der Waals surface area (Å²) in [5.41, 5.74) is 1.00. The molecule has 1 aromatic carbocycles. The predicted octanol–water partition coefficient (Wildman–Crippen LogP) is 2.17. The SMILES string of the molecule is CS/C=C/C(=O)NC1CCCN1C(=O)Cc1ccccc1. The average molecular weight is 304 g/mol. The number of nitrogens with zero attached hydrogens (tertiary/aromatic N) is 1. The Balaban J connectivity index is 1.93. The molecule has 0 aromatic heterocycles. The van der Waals surface area contributed by atoms with Crippen LogP contribution in [0.1, 0.15) is 18.4 Å². The molecule has 0 bridgehead atoms. The molecule has 1 aromatic rings. The van der Waals surface area contributed by atoms with Crippen molar-refractivity contribution in [2.45, 2.75) is 25.4 Å². The average Bonchev–Trinajstić information content (AvgIpc) is 2.94. The molecule has 112 valence electrons. The Kier molecular flexibility index (Phi) is 5.87. The number of hydrogen-bond donors (Lipinski definition) is 1. The number of hydrogen-bond acceptors (Lipinski definition) is 3. The fourth-order valence-corrected chi connectivity index (χ4v) is 2.69. The summed E-state index contributed by atoms with van der Waals surface area (Å²) in [4.78, 5) is 25.9. The number of nitrogens with one attached hydrogen (secondary N) is 1. The fraction of sp³-hybridized carbons (Fsp3) is 0.375. The molecule has 2 amide bonds. The van der Waals surface area contributed by atoms with Crippen LogP contribution < -0.4 is 5.32 Å². The molecule has 1 unspecified atom stereocenters. The molecule has 5 heteroatoms. The first-order chi connectivity index (χ1) is 10.2. The van der Waals surface area contributed by atoms with Crippen LogP contribution in [-0.4, -0.2) is 35.7 Å². The maximum atomic E-state index is 12.4. The van der Waals surface area contributed by atoms with E-state index < -0.39 is 0 Å². The Morgan fingerprint density at radius 3 is 2.86 bits per heavy atom. The Hall–Kier alpha value is -1.75. The molecule has 1 aliphatic rings. The van der Waals surface area contributed by atoms with Gasteiger partial charge in [-0.1, -0.05) is 30.3 Å². The van der Waals surface area contributed by atoms with Gasteiger partial charge in [0.25, 0.3) is 0 Å². The zero-order valence-corrected chi connectivity index (χ0v) is 12.9. The van der Waals surface area contributed by atoms with E-state index in [1.165, 1.54) is 17.8 Å². The molecule has 1 N–H and O–H groups in total. The van der Waals surface area contributed by atoms with E-state index in [1.54, 1.807) is 10.3 Å². The van der Waals surface area contributed by atoms with Crippen LogP contribution in [0.15, 0.2) is 41.8 Å². The minimum absolute atomic E-state index is 0.0675. The molecular formula is C16H20N2O2S. The van der Waals surface area contributed by atoms with E-state index in [1.807, 2.05) is 36.6 Å². The summed E-state index contributed by atoms with van der Waals surface area (Å²) < 4.78 is 0. The highest BCUT2D eigenvalue weighted by Gasteiger charge is 2.29. The summed E-state index contributed by atoms with van der Waals surface area (Å²) in [5.74, 6) is -0.0772. The highest BCUT2D eigenvalue weighted by atomic mass is 32.2. The van der Waals surface area contributed by atoms with E-state index in [4.69, 9.17) is 0 Å². The van der Waals surface area contributed by atoms with Gasteiger partial charge in [-0.15, -0.1) is 11.8 Å². The van der Waals surface area contributed by atoms with Gasteiger partial charge in [0.1, 0.15) is 6.17 Å². The summed E-state index contributed by atoms with van der Waals surface area (Å²) in [6, 6.07) is 9.69. The van der Waals surface area contributed by atoms with Crippen LogP contribution >= 0.6 is 11.8 Å². The Bertz CT molecular complexity index is 516. The zero-order valence-electron chi connectivity index (χ0n) is 12.1. The van der Waals surface area contributed by atoms with Gasteiger partial charge in [-0.25, -0.2) is 0 Å². The summed E-state index contributed by atoms with van der Waals surface area (Å²) in [5, 5.41) is 4.63. The van der Waals surface area contributed by atoms with Gasteiger partial charge in [-0.2, -0.15) is 0 Å². The topological polar surface area (TPSA) is 49.4 Å².